The van der Waals surface area contributed by atoms with E-state index in [4.69, 9.17) is 17.3 Å². The smallest absolute Gasteiger partial charge is 0.261 e. The van der Waals surface area contributed by atoms with Gasteiger partial charge in [-0.25, -0.2) is 9.50 Å². The molecule has 0 saturated carbocycles. The van der Waals surface area contributed by atoms with Crippen LogP contribution in [0.2, 0.25) is 5.02 Å². The number of benzene rings is 2. The number of hydrogen-bond acceptors (Lipinski definition) is 4. The molecule has 2 aromatic carbocycles. The van der Waals surface area contributed by atoms with Crippen LogP contribution in [0.5, 0.6) is 0 Å². The molecule has 0 aliphatic carbocycles. The van der Waals surface area contributed by atoms with Crippen molar-refractivity contribution in [2.75, 3.05) is 5.32 Å². The molecule has 2 heterocycles. The van der Waals surface area contributed by atoms with Gasteiger partial charge in [0, 0.05) is 29.5 Å². The fourth-order valence-electron chi connectivity index (χ4n) is 2.87. The summed E-state index contributed by atoms with van der Waals surface area (Å²) in [4.78, 5) is 17.0. The van der Waals surface area contributed by atoms with Gasteiger partial charge in [0.15, 0.2) is 5.65 Å². The molecule has 4 rings (SSSR count). The summed E-state index contributed by atoms with van der Waals surface area (Å²) in [6, 6.07) is 15.0. The number of fused-ring (bicyclic) bond motifs is 1. The summed E-state index contributed by atoms with van der Waals surface area (Å²) < 4.78 is 1.55. The minimum Gasteiger partial charge on any atom is -0.326 e. The summed E-state index contributed by atoms with van der Waals surface area (Å²) in [5.74, 6) is -0.300. The van der Waals surface area contributed by atoms with Gasteiger partial charge in [0.25, 0.3) is 5.91 Å². The van der Waals surface area contributed by atoms with Crippen LogP contribution in [0.25, 0.3) is 16.8 Å². The van der Waals surface area contributed by atoms with Gasteiger partial charge < -0.3 is 11.1 Å². The maximum atomic E-state index is 12.8. The lowest BCUT2D eigenvalue weighted by Gasteiger charge is -2.12. The Morgan fingerprint density at radius 3 is 2.78 bits per heavy atom. The Morgan fingerprint density at radius 2 is 2.00 bits per heavy atom. The summed E-state index contributed by atoms with van der Waals surface area (Å²) in [5.41, 5.74) is 10.0. The standard InChI is InChI=1S/C20H16ClN5O/c21-15-6-7-16(14-4-2-13(11-22)3-5-14)18(10-15)25-20(27)17-12-24-26-9-1-8-23-19(17)26/h1-10,12H,11,22H2,(H,25,27). The van der Waals surface area contributed by atoms with E-state index < -0.39 is 0 Å². The van der Waals surface area contributed by atoms with E-state index in [2.05, 4.69) is 15.4 Å². The predicted octanol–water partition coefficient (Wildman–Crippen LogP) is 3.76. The van der Waals surface area contributed by atoms with E-state index in [-0.39, 0.29) is 5.91 Å². The Kier molecular flexibility index (Phi) is 4.58. The zero-order valence-corrected chi connectivity index (χ0v) is 15.0. The SMILES string of the molecule is NCc1ccc(-c2ccc(Cl)cc2NC(=O)c2cnn3cccnc23)cc1. The molecule has 3 N–H and O–H groups in total. The Morgan fingerprint density at radius 1 is 1.19 bits per heavy atom. The number of nitrogens with zero attached hydrogens (tertiary/aromatic N) is 3. The summed E-state index contributed by atoms with van der Waals surface area (Å²) in [5, 5.41) is 7.62. The first kappa shape index (κ1) is 17.2. The number of carbonyl (C=O) groups excluding carboxylic acids is 1. The van der Waals surface area contributed by atoms with Gasteiger partial charge in [0.05, 0.1) is 11.9 Å². The first-order chi connectivity index (χ1) is 13.2. The normalized spacial score (nSPS) is 10.9. The zero-order valence-electron chi connectivity index (χ0n) is 14.3. The van der Waals surface area contributed by atoms with Crippen LogP contribution in [0.1, 0.15) is 15.9 Å². The lowest BCUT2D eigenvalue weighted by atomic mass is 10.0. The first-order valence-corrected chi connectivity index (χ1v) is 8.72. The monoisotopic (exact) mass is 377 g/mol. The molecule has 7 heteroatoms. The third kappa shape index (κ3) is 3.40. The zero-order chi connectivity index (χ0) is 18.8. The highest BCUT2D eigenvalue weighted by Crippen LogP contribution is 2.31. The Hall–Kier alpha value is -3.22. The Balaban J connectivity index is 1.70. The average molecular weight is 378 g/mol. The van der Waals surface area contributed by atoms with Crippen molar-refractivity contribution in [3.8, 4) is 11.1 Å². The first-order valence-electron chi connectivity index (χ1n) is 8.34. The highest BCUT2D eigenvalue weighted by molar-refractivity contribution is 6.31. The minimum atomic E-state index is -0.300. The second-order valence-corrected chi connectivity index (χ2v) is 6.43. The molecule has 0 aliphatic rings. The van der Waals surface area contributed by atoms with Crippen LogP contribution in [0.4, 0.5) is 5.69 Å². The number of nitrogens with two attached hydrogens (primary N) is 1. The van der Waals surface area contributed by atoms with Crippen molar-refractivity contribution in [2.45, 2.75) is 6.54 Å². The number of amides is 1. The summed E-state index contributed by atoms with van der Waals surface area (Å²) >= 11 is 6.16. The van der Waals surface area contributed by atoms with Crippen molar-refractivity contribution < 1.29 is 4.79 Å². The number of carbonyl (C=O) groups is 1. The maximum Gasteiger partial charge on any atom is 0.261 e. The van der Waals surface area contributed by atoms with Gasteiger partial charge in [-0.1, -0.05) is 41.9 Å². The highest BCUT2D eigenvalue weighted by atomic mass is 35.5. The van der Waals surface area contributed by atoms with Crippen molar-refractivity contribution in [2.24, 2.45) is 5.73 Å². The molecule has 0 spiro atoms. The van der Waals surface area contributed by atoms with Crippen LogP contribution in [0.3, 0.4) is 0 Å². The van der Waals surface area contributed by atoms with E-state index in [1.807, 2.05) is 30.3 Å². The van der Waals surface area contributed by atoms with E-state index in [0.29, 0.717) is 28.5 Å². The number of halogens is 1. The second-order valence-electron chi connectivity index (χ2n) is 5.99. The number of nitrogens with one attached hydrogen (secondary N) is 1. The molecule has 4 aromatic rings. The van der Waals surface area contributed by atoms with Crippen molar-refractivity contribution >= 4 is 28.8 Å². The van der Waals surface area contributed by atoms with Gasteiger partial charge in [-0.05, 0) is 29.3 Å². The molecule has 0 atom stereocenters. The van der Waals surface area contributed by atoms with E-state index in [0.717, 1.165) is 16.7 Å². The van der Waals surface area contributed by atoms with E-state index >= 15 is 0 Å². The van der Waals surface area contributed by atoms with Crippen LogP contribution in [0, 0.1) is 0 Å². The molecule has 134 valence electrons. The molecule has 0 saturated heterocycles. The van der Waals surface area contributed by atoms with Crippen molar-refractivity contribution in [1.29, 1.82) is 0 Å². The predicted molar refractivity (Wildman–Crippen MR) is 106 cm³/mol. The lowest BCUT2D eigenvalue weighted by Crippen LogP contribution is -2.13. The Bertz CT molecular complexity index is 1120. The average Bonchev–Trinajstić information content (AvgIpc) is 3.13. The molecular weight excluding hydrogens is 362 g/mol. The number of rotatable bonds is 4. The van der Waals surface area contributed by atoms with Crippen LogP contribution >= 0.6 is 11.6 Å². The molecule has 0 bridgehead atoms. The molecule has 2 aromatic heterocycles. The number of aromatic nitrogens is 3. The molecule has 0 radical (unpaired) electrons. The fraction of sp³-hybridized carbons (Fsp3) is 0.0500. The maximum absolute atomic E-state index is 12.8. The molecule has 0 aliphatic heterocycles. The summed E-state index contributed by atoms with van der Waals surface area (Å²) in [7, 11) is 0. The van der Waals surface area contributed by atoms with Gasteiger partial charge in [-0.3, -0.25) is 4.79 Å². The van der Waals surface area contributed by atoms with E-state index in [9.17, 15) is 4.79 Å². The quantitative estimate of drug-likeness (QED) is 0.567. The fourth-order valence-corrected chi connectivity index (χ4v) is 3.04. The van der Waals surface area contributed by atoms with Crippen molar-refractivity contribution in [3.05, 3.63) is 83.3 Å². The van der Waals surface area contributed by atoms with Gasteiger partial charge in [-0.2, -0.15) is 5.10 Å². The van der Waals surface area contributed by atoms with Crippen LogP contribution in [0.15, 0.2) is 67.1 Å². The van der Waals surface area contributed by atoms with Gasteiger partial charge in [0.2, 0.25) is 0 Å². The minimum absolute atomic E-state index is 0.300. The molecule has 0 unspecified atom stereocenters. The third-order valence-electron chi connectivity index (χ3n) is 4.25. The molecule has 0 fully saturated rings. The largest absolute Gasteiger partial charge is 0.326 e. The van der Waals surface area contributed by atoms with E-state index in [1.165, 1.54) is 6.20 Å². The lowest BCUT2D eigenvalue weighted by molar-refractivity contribution is 0.102. The van der Waals surface area contributed by atoms with Gasteiger partial charge >= 0.3 is 0 Å². The third-order valence-corrected chi connectivity index (χ3v) is 4.49. The highest BCUT2D eigenvalue weighted by Gasteiger charge is 2.16. The molecule has 27 heavy (non-hydrogen) atoms. The second kappa shape index (κ2) is 7.19. The van der Waals surface area contributed by atoms with Crippen LogP contribution in [-0.4, -0.2) is 20.5 Å². The molecule has 1 amide bonds. The van der Waals surface area contributed by atoms with Crippen LogP contribution in [-0.2, 0) is 6.54 Å². The van der Waals surface area contributed by atoms with E-state index in [1.54, 1.807) is 35.1 Å². The molecular formula is C20H16ClN5O. The summed E-state index contributed by atoms with van der Waals surface area (Å²) in [6.45, 7) is 0.478. The number of hydrogen-bond donors (Lipinski definition) is 2. The Labute approximate surface area is 160 Å². The van der Waals surface area contributed by atoms with Gasteiger partial charge in [0.1, 0.15) is 5.56 Å². The van der Waals surface area contributed by atoms with Crippen molar-refractivity contribution in [1.82, 2.24) is 14.6 Å². The molecule has 6 nitrogen and oxygen atoms in total. The number of anilines is 1. The van der Waals surface area contributed by atoms with Gasteiger partial charge in [-0.15, -0.1) is 0 Å². The topological polar surface area (TPSA) is 85.3 Å². The summed E-state index contributed by atoms with van der Waals surface area (Å²) in [6.07, 6.45) is 4.86. The van der Waals surface area contributed by atoms with Crippen LogP contribution < -0.4 is 11.1 Å². The van der Waals surface area contributed by atoms with Crippen molar-refractivity contribution in [3.63, 3.8) is 0 Å².